The Balaban J connectivity index is 0.000000164. The van der Waals surface area contributed by atoms with E-state index < -0.39 is 25.0 Å². The average molecular weight is 1170 g/mol. The molecule has 0 unspecified atom stereocenters. The van der Waals surface area contributed by atoms with E-state index in [-0.39, 0.29) is 26.1 Å². The predicted molar refractivity (Wildman–Crippen MR) is 327 cm³/mol. The van der Waals surface area contributed by atoms with E-state index in [9.17, 15) is 8.78 Å². The first kappa shape index (κ1) is 57.9. The van der Waals surface area contributed by atoms with Crippen molar-refractivity contribution in [1.82, 2.24) is 0 Å². The number of thiophene rings is 3. The van der Waals surface area contributed by atoms with Gasteiger partial charge in [-0.3, -0.25) is 0 Å². The molecular formula is C63H68BrF2O3S3Si3+. The van der Waals surface area contributed by atoms with E-state index >= 15 is 0 Å². The van der Waals surface area contributed by atoms with Crippen molar-refractivity contribution in [3.05, 3.63) is 254 Å². The average Bonchev–Trinajstić information content (AvgIpc) is 4.17. The van der Waals surface area contributed by atoms with Gasteiger partial charge in [-0.2, -0.15) is 4.39 Å². The van der Waals surface area contributed by atoms with Crippen molar-refractivity contribution >= 4 is 106 Å². The van der Waals surface area contributed by atoms with Crippen molar-refractivity contribution in [3.63, 3.8) is 0 Å². The van der Waals surface area contributed by atoms with Crippen molar-refractivity contribution in [2.45, 2.75) is 90.3 Å². The Morgan fingerprint density at radius 3 is 0.987 bits per heavy atom. The molecule has 3 heterocycles. The molecule has 9 rings (SSSR count). The molecule has 9 aromatic rings. The van der Waals surface area contributed by atoms with Crippen LogP contribution >= 0.6 is 49.9 Å². The van der Waals surface area contributed by atoms with Gasteiger partial charge in [0.05, 0.1) is 26.7 Å². The predicted octanol–water partition coefficient (Wildman–Crippen LogP) is 15.3. The topological polar surface area (TPSA) is 27.7 Å². The lowest BCUT2D eigenvalue weighted by atomic mass is 10.2. The van der Waals surface area contributed by atoms with Gasteiger partial charge in [-0.05, 0) is 95.2 Å². The standard InChI is InChI=1S/C21H23BrOSSi.C21H22FOSSi.C21H23FOSSi/c2*1-21(2,3)25(19-10-6-4-7-11-19,20-12-8-5-9-13-20)23-15-18-14-17(22)16-24-18;1-21(2,3)25(18-10-6-4-7-11-18,19-12-8-5-9-13-19)23-16-17-14-15-20(22)24-17/h4-14,16H,15H2,1-3H3;4-14,16H,1,15H2,2-3H3;4-15H,16H2,1-3H3/q;+1;. The quantitative estimate of drug-likeness (QED) is 0.0713. The smallest absolute Gasteiger partial charge is 0.309 e. The maximum absolute atomic E-state index is 13.4. The summed E-state index contributed by atoms with van der Waals surface area (Å²) < 4.78 is 48.2. The Morgan fingerprint density at radius 1 is 0.413 bits per heavy atom. The molecule has 0 aliphatic heterocycles. The molecule has 75 heavy (non-hydrogen) atoms. The van der Waals surface area contributed by atoms with E-state index in [1.807, 2.05) is 54.6 Å². The van der Waals surface area contributed by atoms with Crippen LogP contribution in [0, 0.1) is 17.9 Å². The summed E-state index contributed by atoms with van der Waals surface area (Å²) in [4.78, 5) is 3.07. The molecule has 0 atom stereocenters. The molecule has 3 aromatic heterocycles. The summed E-state index contributed by atoms with van der Waals surface area (Å²) in [5.74, 6) is -0.204. The van der Waals surface area contributed by atoms with Crippen LogP contribution in [0.4, 0.5) is 8.78 Å². The van der Waals surface area contributed by atoms with Crippen LogP contribution < -0.4 is 31.1 Å². The summed E-state index contributed by atoms with van der Waals surface area (Å²) in [5, 5.41) is 10.6. The zero-order valence-electron chi connectivity index (χ0n) is 44.2. The lowest BCUT2D eigenvalue weighted by molar-refractivity contribution is 0.289. The monoisotopic (exact) mass is 1170 g/mol. The summed E-state index contributed by atoms with van der Waals surface area (Å²) in [6.45, 7) is 23.9. The van der Waals surface area contributed by atoms with Gasteiger partial charge in [-0.15, -0.1) is 34.0 Å². The second-order valence-electron chi connectivity index (χ2n) is 21.2. The molecule has 12 heteroatoms. The molecule has 3 nitrogen and oxygen atoms in total. The third-order valence-corrected chi connectivity index (χ3v) is 31.5. The molecule has 6 aromatic carbocycles. The highest BCUT2D eigenvalue weighted by Gasteiger charge is 2.56. The molecule has 0 aliphatic rings. The summed E-state index contributed by atoms with van der Waals surface area (Å²) >= 11 is 7.84. The minimum atomic E-state index is -2.65. The van der Waals surface area contributed by atoms with E-state index in [4.69, 9.17) is 13.3 Å². The molecule has 0 amide bonds. The molecule has 0 spiro atoms. The Labute approximate surface area is 468 Å². The Kier molecular flexibility index (Phi) is 19.7. The molecule has 0 fully saturated rings. The molecule has 0 saturated heterocycles. The molecule has 0 N–H and O–H groups in total. The van der Waals surface area contributed by atoms with Crippen LogP contribution in [0.3, 0.4) is 0 Å². The van der Waals surface area contributed by atoms with Crippen LogP contribution in [-0.4, -0.2) is 25.0 Å². The van der Waals surface area contributed by atoms with Crippen molar-refractivity contribution in [2.24, 2.45) is 0 Å². The number of hydrogen-bond acceptors (Lipinski definition) is 6. The fourth-order valence-electron chi connectivity index (χ4n) is 10.0. The molecule has 0 radical (unpaired) electrons. The fraction of sp³-hybridized carbons (Fsp3) is 0.222. The van der Waals surface area contributed by atoms with Crippen LogP contribution in [0.25, 0.3) is 0 Å². The highest BCUT2D eigenvalue weighted by Crippen LogP contribution is 2.40. The van der Waals surface area contributed by atoms with Crippen molar-refractivity contribution in [2.75, 3.05) is 0 Å². The highest BCUT2D eigenvalue weighted by atomic mass is 79.9. The van der Waals surface area contributed by atoms with Crippen LogP contribution in [0.15, 0.2) is 221 Å². The van der Waals surface area contributed by atoms with E-state index in [1.54, 1.807) is 17.4 Å². The fourth-order valence-corrected chi connectivity index (χ4v) is 26.3. The van der Waals surface area contributed by atoms with Crippen molar-refractivity contribution in [1.29, 1.82) is 0 Å². The Bertz CT molecular complexity index is 2650. The van der Waals surface area contributed by atoms with Gasteiger partial charge in [0.2, 0.25) is 0 Å². The van der Waals surface area contributed by atoms with Gasteiger partial charge in [0.25, 0.3) is 16.6 Å². The van der Waals surface area contributed by atoms with Crippen LogP contribution in [0.1, 0.15) is 70.0 Å². The van der Waals surface area contributed by atoms with E-state index in [1.165, 1.54) is 58.8 Å². The minimum Gasteiger partial charge on any atom is -0.402 e. The molecule has 0 aliphatic carbocycles. The SMILES string of the molecule is CC(C)(C)[Si](OCc1cc(Br)cs1)(c1ccccc1)c1ccccc1.CC(C)(C)[Si](OCc1ccc(F)s1)(c1ccccc1)c1ccccc1.[CH2+]C(C)(C)[Si](OCc1cc(F)cs1)(c1ccccc1)c1ccccc1. The molecule has 0 saturated carbocycles. The van der Waals surface area contributed by atoms with Crippen LogP contribution in [0.2, 0.25) is 15.1 Å². The maximum atomic E-state index is 13.4. The van der Waals surface area contributed by atoms with Gasteiger partial charge in [0.15, 0.2) is 5.13 Å². The van der Waals surface area contributed by atoms with E-state index in [0.29, 0.717) is 19.8 Å². The Morgan fingerprint density at radius 2 is 0.720 bits per heavy atom. The van der Waals surface area contributed by atoms with E-state index in [0.717, 1.165) is 25.6 Å². The lowest BCUT2D eigenvalue weighted by Gasteiger charge is -2.43. The number of hydrogen-bond donors (Lipinski definition) is 0. The third-order valence-electron chi connectivity index (χ3n) is 13.3. The Hall–Kier alpha value is -4.84. The van der Waals surface area contributed by atoms with Crippen LogP contribution in [0.5, 0.6) is 0 Å². The summed E-state index contributed by atoms with van der Waals surface area (Å²) in [6.07, 6.45) is 0. The first-order valence-corrected chi connectivity index (χ1v) is 34.2. The van der Waals surface area contributed by atoms with Gasteiger partial charge in [-0.25, -0.2) is 4.39 Å². The minimum absolute atomic E-state index is 0.0181. The summed E-state index contributed by atoms with van der Waals surface area (Å²) in [5.41, 5.74) is 0. The van der Waals surface area contributed by atoms with Gasteiger partial charge in [0, 0.05) is 29.9 Å². The first-order valence-electron chi connectivity index (χ1n) is 25.1. The zero-order valence-corrected chi connectivity index (χ0v) is 51.2. The number of rotatable bonds is 16. The second kappa shape index (κ2) is 25.5. The highest BCUT2D eigenvalue weighted by molar-refractivity contribution is 9.10. The second-order valence-corrected chi connectivity index (χ2v) is 38.0. The normalized spacial score (nSPS) is 12.3. The number of halogens is 3. The third kappa shape index (κ3) is 13.7. The maximum Gasteiger partial charge on any atom is 0.309 e. The molecular weight excluding hydrogens is 1100 g/mol. The van der Waals surface area contributed by atoms with Gasteiger partial charge < -0.3 is 13.3 Å². The van der Waals surface area contributed by atoms with Crippen LogP contribution in [-0.2, 0) is 33.1 Å². The van der Waals surface area contributed by atoms with E-state index in [2.05, 4.69) is 223 Å². The zero-order chi connectivity index (χ0) is 53.7. The van der Waals surface area contributed by atoms with Crippen molar-refractivity contribution in [3.8, 4) is 0 Å². The molecule has 388 valence electrons. The number of benzene rings is 6. The summed E-state index contributed by atoms with van der Waals surface area (Å²) in [7, 11) is -7.62. The van der Waals surface area contributed by atoms with Crippen molar-refractivity contribution < 1.29 is 22.1 Å². The lowest BCUT2D eigenvalue weighted by Crippen LogP contribution is -2.66. The van der Waals surface area contributed by atoms with Gasteiger partial charge >= 0.3 is 8.32 Å². The summed E-state index contributed by atoms with van der Waals surface area (Å²) in [6, 6.07) is 70.3. The first-order chi connectivity index (χ1) is 35.8. The van der Waals surface area contributed by atoms with Gasteiger partial charge in [-0.1, -0.05) is 224 Å². The molecule has 0 bridgehead atoms. The van der Waals surface area contributed by atoms with Gasteiger partial charge in [0.1, 0.15) is 10.9 Å². The largest absolute Gasteiger partial charge is 0.402 e.